The molecule has 3 saturated heterocycles. The zero-order valence-corrected chi connectivity index (χ0v) is 20.4. The maximum Gasteiger partial charge on any atom is 0.290 e. The zero-order chi connectivity index (χ0) is 24.4. The molecule has 0 aliphatic carbocycles. The van der Waals surface area contributed by atoms with Gasteiger partial charge in [0.1, 0.15) is 5.82 Å². The van der Waals surface area contributed by atoms with Gasteiger partial charge in [-0.1, -0.05) is 18.2 Å². The van der Waals surface area contributed by atoms with E-state index in [2.05, 4.69) is 15.2 Å². The van der Waals surface area contributed by atoms with E-state index in [9.17, 15) is 18.0 Å². The lowest BCUT2D eigenvalue weighted by Crippen LogP contribution is -2.49. The quantitative estimate of drug-likeness (QED) is 0.579. The summed E-state index contributed by atoms with van der Waals surface area (Å²) >= 11 is 0.833. The highest BCUT2D eigenvalue weighted by atomic mass is 32.2. The van der Waals surface area contributed by atoms with Crippen LogP contribution in [0.15, 0.2) is 46.2 Å². The molecule has 5 rings (SSSR count). The largest absolute Gasteiger partial charge is 0.378 e. The van der Waals surface area contributed by atoms with Gasteiger partial charge in [0.05, 0.1) is 28.7 Å². The van der Waals surface area contributed by atoms with Crippen LogP contribution >= 0.6 is 11.8 Å². The fourth-order valence-electron chi connectivity index (χ4n) is 4.03. The van der Waals surface area contributed by atoms with Gasteiger partial charge < -0.3 is 14.5 Å². The van der Waals surface area contributed by atoms with Gasteiger partial charge in [-0.2, -0.15) is 9.29 Å². The van der Waals surface area contributed by atoms with E-state index in [0.717, 1.165) is 11.8 Å². The molecular formula is C22H24N6O5S2. The second kappa shape index (κ2) is 9.93. The van der Waals surface area contributed by atoms with E-state index in [1.54, 1.807) is 42.5 Å². The highest BCUT2D eigenvalue weighted by Gasteiger charge is 2.30. The van der Waals surface area contributed by atoms with E-state index >= 15 is 0 Å². The first-order valence-electron chi connectivity index (χ1n) is 11.2. The topological polar surface area (TPSA) is 125 Å². The SMILES string of the molecule is O=C1NC(=O)C(=Cc2cc(N3CCOCC3)nc(N3CCN(S(=O)(=O)c4ccccc4)CC3)n2)S1. The van der Waals surface area contributed by atoms with E-state index in [4.69, 9.17) is 9.72 Å². The van der Waals surface area contributed by atoms with Crippen LogP contribution in [0.5, 0.6) is 0 Å². The summed E-state index contributed by atoms with van der Waals surface area (Å²) in [5.41, 5.74) is 0.503. The highest BCUT2D eigenvalue weighted by Crippen LogP contribution is 2.28. The van der Waals surface area contributed by atoms with Crippen molar-refractivity contribution in [2.45, 2.75) is 4.90 Å². The molecule has 13 heteroatoms. The van der Waals surface area contributed by atoms with Crippen molar-refractivity contribution >= 4 is 50.8 Å². The predicted octanol–water partition coefficient (Wildman–Crippen LogP) is 1.15. The fraction of sp³-hybridized carbons (Fsp3) is 0.364. The number of hydrogen-bond donors (Lipinski definition) is 1. The minimum absolute atomic E-state index is 0.270. The number of hydrogen-bond acceptors (Lipinski definition) is 10. The van der Waals surface area contributed by atoms with Gasteiger partial charge in [-0.05, 0) is 30.0 Å². The van der Waals surface area contributed by atoms with Crippen molar-refractivity contribution in [2.24, 2.45) is 0 Å². The van der Waals surface area contributed by atoms with E-state index in [1.165, 1.54) is 4.31 Å². The van der Waals surface area contributed by atoms with Gasteiger partial charge in [0.2, 0.25) is 16.0 Å². The van der Waals surface area contributed by atoms with Crippen LogP contribution in [0.2, 0.25) is 0 Å². The van der Waals surface area contributed by atoms with Gasteiger partial charge >= 0.3 is 0 Å². The molecule has 1 N–H and O–H groups in total. The molecule has 3 fully saturated rings. The van der Waals surface area contributed by atoms with Crippen LogP contribution in [0, 0.1) is 0 Å². The number of morpholine rings is 1. The van der Waals surface area contributed by atoms with Crippen molar-refractivity contribution in [2.75, 3.05) is 62.3 Å². The minimum atomic E-state index is -3.57. The molecule has 4 heterocycles. The number of anilines is 2. The highest BCUT2D eigenvalue weighted by molar-refractivity contribution is 8.18. The number of ether oxygens (including phenoxy) is 1. The van der Waals surface area contributed by atoms with Gasteiger partial charge in [-0.25, -0.2) is 13.4 Å². The zero-order valence-electron chi connectivity index (χ0n) is 18.8. The lowest BCUT2D eigenvalue weighted by Gasteiger charge is -2.35. The lowest BCUT2D eigenvalue weighted by molar-refractivity contribution is -0.115. The van der Waals surface area contributed by atoms with Gasteiger partial charge in [-0.3, -0.25) is 14.9 Å². The Balaban J connectivity index is 1.39. The first kappa shape index (κ1) is 23.7. The Labute approximate surface area is 207 Å². The van der Waals surface area contributed by atoms with Gasteiger partial charge in [0.15, 0.2) is 0 Å². The van der Waals surface area contributed by atoms with Crippen LogP contribution in [0.25, 0.3) is 6.08 Å². The molecule has 35 heavy (non-hydrogen) atoms. The number of carbonyl (C=O) groups excluding carboxylic acids is 2. The smallest absolute Gasteiger partial charge is 0.290 e. The molecule has 1 aromatic carbocycles. The molecule has 11 nitrogen and oxygen atoms in total. The third-order valence-electron chi connectivity index (χ3n) is 5.88. The van der Waals surface area contributed by atoms with E-state index in [0.29, 0.717) is 69.9 Å². The number of rotatable bonds is 5. The molecule has 0 spiro atoms. The van der Waals surface area contributed by atoms with E-state index in [1.807, 2.05) is 4.90 Å². The molecule has 0 bridgehead atoms. The van der Waals surface area contributed by atoms with Crippen LogP contribution in [0.4, 0.5) is 16.6 Å². The molecule has 0 radical (unpaired) electrons. The monoisotopic (exact) mass is 516 g/mol. The minimum Gasteiger partial charge on any atom is -0.378 e. The van der Waals surface area contributed by atoms with Crippen molar-refractivity contribution < 1.29 is 22.7 Å². The van der Waals surface area contributed by atoms with Crippen LogP contribution < -0.4 is 15.1 Å². The second-order valence-electron chi connectivity index (χ2n) is 8.11. The number of sulfonamides is 1. The molecule has 1 aromatic heterocycles. The molecule has 184 valence electrons. The molecule has 3 aliphatic rings. The number of piperazine rings is 1. The molecule has 2 aromatic rings. The van der Waals surface area contributed by atoms with Gasteiger partial charge in [0.25, 0.3) is 11.1 Å². The number of nitrogens with one attached hydrogen (secondary N) is 1. The van der Waals surface area contributed by atoms with Crippen molar-refractivity contribution in [3.63, 3.8) is 0 Å². The van der Waals surface area contributed by atoms with Crippen molar-refractivity contribution in [1.29, 1.82) is 0 Å². The fourth-order valence-corrected chi connectivity index (χ4v) is 6.15. The Bertz CT molecular complexity index is 1260. The summed E-state index contributed by atoms with van der Waals surface area (Å²) in [6.45, 7) is 3.94. The second-order valence-corrected chi connectivity index (χ2v) is 11.1. The molecule has 0 atom stereocenters. The standard InChI is InChI=1S/C22H24N6O5S2/c29-20-18(34-22(30)25-20)14-16-15-19(26-10-12-33-13-11-26)24-21(23-16)27-6-8-28(9-7-27)35(31,32)17-4-2-1-3-5-17/h1-5,14-15H,6-13H2,(H,25,29,30). The number of imide groups is 1. The number of aromatic nitrogens is 2. The van der Waals surface area contributed by atoms with Crippen LogP contribution in [0.1, 0.15) is 5.69 Å². The van der Waals surface area contributed by atoms with Crippen LogP contribution in [-0.4, -0.2) is 86.3 Å². The van der Waals surface area contributed by atoms with Crippen molar-refractivity contribution in [3.8, 4) is 0 Å². The van der Waals surface area contributed by atoms with Crippen LogP contribution in [0.3, 0.4) is 0 Å². The van der Waals surface area contributed by atoms with Crippen LogP contribution in [-0.2, 0) is 19.6 Å². The van der Waals surface area contributed by atoms with E-state index in [-0.39, 0.29) is 9.80 Å². The summed E-state index contributed by atoms with van der Waals surface area (Å²) in [5.74, 6) is 0.694. The number of nitrogens with zero attached hydrogens (tertiary/aromatic N) is 5. The van der Waals surface area contributed by atoms with E-state index < -0.39 is 21.2 Å². The Morgan fingerprint density at radius 3 is 2.31 bits per heavy atom. The summed E-state index contributed by atoms with van der Waals surface area (Å²) in [6.07, 6.45) is 1.58. The molecule has 3 aliphatic heterocycles. The van der Waals surface area contributed by atoms with Gasteiger partial charge in [0, 0.05) is 45.3 Å². The van der Waals surface area contributed by atoms with Gasteiger partial charge in [-0.15, -0.1) is 0 Å². The number of amides is 2. The number of thioether (sulfide) groups is 1. The molecule has 0 saturated carbocycles. The Morgan fingerprint density at radius 2 is 1.66 bits per heavy atom. The normalized spacial score (nSPS) is 21.0. The first-order chi connectivity index (χ1) is 16.9. The maximum absolute atomic E-state index is 13.0. The maximum atomic E-state index is 13.0. The average molecular weight is 517 g/mol. The lowest BCUT2D eigenvalue weighted by atomic mass is 10.3. The summed E-state index contributed by atoms with van der Waals surface area (Å²) in [5, 5.41) is 1.83. The summed E-state index contributed by atoms with van der Waals surface area (Å²) in [4.78, 5) is 37.6. The number of benzene rings is 1. The average Bonchev–Trinajstić information content (AvgIpc) is 3.21. The third-order valence-corrected chi connectivity index (χ3v) is 8.60. The van der Waals surface area contributed by atoms with Crippen molar-refractivity contribution in [1.82, 2.24) is 19.6 Å². The molecule has 0 unspecified atom stereocenters. The summed E-state index contributed by atoms with van der Waals surface area (Å²) in [7, 11) is -3.57. The number of carbonyl (C=O) groups is 2. The first-order valence-corrected chi connectivity index (χ1v) is 13.4. The van der Waals surface area contributed by atoms with Crippen molar-refractivity contribution in [3.05, 3.63) is 47.0 Å². The Morgan fingerprint density at radius 1 is 0.943 bits per heavy atom. The Hall–Kier alpha value is -3.00. The Kier molecular flexibility index (Phi) is 6.73. The predicted molar refractivity (Wildman–Crippen MR) is 132 cm³/mol. The summed E-state index contributed by atoms with van der Waals surface area (Å²) < 4.78 is 32.9. The summed E-state index contributed by atoms with van der Waals surface area (Å²) in [6, 6.07) is 10.2. The third kappa shape index (κ3) is 5.17. The molecular weight excluding hydrogens is 492 g/mol. The molecule has 2 amide bonds.